The van der Waals surface area contributed by atoms with Gasteiger partial charge in [-0.15, -0.1) is 0 Å². The van der Waals surface area contributed by atoms with Crippen molar-refractivity contribution in [2.45, 2.75) is 79.1 Å². The normalized spacial score (nSPS) is 12.3. The first kappa shape index (κ1) is 19.6. The van der Waals surface area contributed by atoms with E-state index in [2.05, 4.69) is 97.1 Å². The summed E-state index contributed by atoms with van der Waals surface area (Å²) in [7, 11) is 0. The molecule has 0 heterocycles. The Morgan fingerprint density at radius 3 is 1.64 bits per heavy atom. The molecule has 0 saturated heterocycles. The van der Waals surface area contributed by atoms with Gasteiger partial charge in [-0.1, -0.05) is 65.8 Å². The maximum Gasteiger partial charge on any atom is 0.0443 e. The zero-order valence-electron chi connectivity index (χ0n) is 17.4. The molecule has 2 rings (SSSR count). The van der Waals surface area contributed by atoms with Gasteiger partial charge in [0, 0.05) is 11.4 Å². The van der Waals surface area contributed by atoms with E-state index in [1.807, 2.05) is 0 Å². The average molecular weight is 338 g/mol. The lowest BCUT2D eigenvalue weighted by molar-refractivity contribution is 0.439. The number of hydrogen-bond acceptors (Lipinski definition) is 1. The quantitative estimate of drug-likeness (QED) is 0.598. The van der Waals surface area contributed by atoms with E-state index in [1.54, 1.807) is 0 Å². The van der Waals surface area contributed by atoms with Crippen molar-refractivity contribution in [3.63, 3.8) is 0 Å². The third-order valence-corrected chi connectivity index (χ3v) is 5.81. The Kier molecular flexibility index (Phi) is 5.66. The van der Waals surface area contributed by atoms with Crippen LogP contribution in [0, 0.1) is 13.8 Å². The predicted molar refractivity (Wildman–Crippen MR) is 112 cm³/mol. The second kappa shape index (κ2) is 7.23. The smallest absolute Gasteiger partial charge is 0.0443 e. The molecule has 0 amide bonds. The van der Waals surface area contributed by atoms with Crippen LogP contribution in [0.15, 0.2) is 36.4 Å². The van der Waals surface area contributed by atoms with Gasteiger partial charge in [0.15, 0.2) is 0 Å². The Hall–Kier alpha value is -1.76. The summed E-state index contributed by atoms with van der Waals surface area (Å²) < 4.78 is 0. The van der Waals surface area contributed by atoms with E-state index in [1.165, 1.54) is 40.8 Å². The summed E-state index contributed by atoms with van der Waals surface area (Å²) >= 11 is 0. The van der Waals surface area contributed by atoms with Crippen LogP contribution in [-0.2, 0) is 10.8 Å². The molecule has 0 unspecified atom stereocenters. The van der Waals surface area contributed by atoms with Gasteiger partial charge in [0.25, 0.3) is 0 Å². The van der Waals surface area contributed by atoms with E-state index in [4.69, 9.17) is 0 Å². The topological polar surface area (TPSA) is 12.0 Å². The molecule has 0 atom stereocenters. The van der Waals surface area contributed by atoms with Gasteiger partial charge in [0.1, 0.15) is 0 Å². The van der Waals surface area contributed by atoms with E-state index in [0.29, 0.717) is 0 Å². The van der Waals surface area contributed by atoms with Crippen LogP contribution in [-0.4, -0.2) is 0 Å². The fourth-order valence-corrected chi connectivity index (χ4v) is 3.35. The van der Waals surface area contributed by atoms with Gasteiger partial charge in [-0.05, 0) is 71.9 Å². The number of anilines is 2. The maximum atomic E-state index is 3.63. The summed E-state index contributed by atoms with van der Waals surface area (Å²) in [5, 5.41) is 3.63. The first-order chi connectivity index (χ1) is 11.6. The zero-order valence-corrected chi connectivity index (χ0v) is 17.4. The molecule has 0 aliphatic carbocycles. The van der Waals surface area contributed by atoms with E-state index in [9.17, 15) is 0 Å². The van der Waals surface area contributed by atoms with E-state index in [-0.39, 0.29) is 10.8 Å². The average Bonchev–Trinajstić information content (AvgIpc) is 2.57. The van der Waals surface area contributed by atoms with Crippen molar-refractivity contribution in [1.82, 2.24) is 0 Å². The highest BCUT2D eigenvalue weighted by Gasteiger charge is 2.22. The SMILES string of the molecule is CCC(C)(CC)c1ccc(Nc2c(C)cc(C(C)(C)C)cc2C)cc1. The molecule has 1 nitrogen and oxygen atoms in total. The molecule has 1 N–H and O–H groups in total. The summed E-state index contributed by atoms with van der Waals surface area (Å²) in [5.41, 5.74) is 8.29. The molecule has 0 fully saturated rings. The monoisotopic (exact) mass is 337 g/mol. The molecule has 2 aromatic carbocycles. The number of benzene rings is 2. The fraction of sp³-hybridized carbons (Fsp3) is 0.500. The predicted octanol–water partition coefficient (Wildman–Crippen LogP) is 7.42. The van der Waals surface area contributed by atoms with Gasteiger partial charge >= 0.3 is 0 Å². The summed E-state index contributed by atoms with van der Waals surface area (Å²) in [6, 6.07) is 13.6. The Bertz CT molecular complexity index is 690. The molecule has 2 aromatic rings. The molecule has 136 valence electrons. The van der Waals surface area contributed by atoms with E-state index in [0.717, 1.165) is 5.69 Å². The molecular weight excluding hydrogens is 302 g/mol. The van der Waals surface area contributed by atoms with Crippen molar-refractivity contribution in [3.8, 4) is 0 Å². The molecule has 0 bridgehead atoms. The Morgan fingerprint density at radius 1 is 0.760 bits per heavy atom. The minimum absolute atomic E-state index is 0.181. The maximum absolute atomic E-state index is 3.63. The van der Waals surface area contributed by atoms with Crippen LogP contribution >= 0.6 is 0 Å². The summed E-state index contributed by atoms with van der Waals surface area (Å²) in [5.74, 6) is 0. The first-order valence-corrected chi connectivity index (χ1v) is 9.60. The highest BCUT2D eigenvalue weighted by atomic mass is 14.9. The van der Waals surface area contributed by atoms with Crippen molar-refractivity contribution in [3.05, 3.63) is 58.7 Å². The van der Waals surface area contributed by atoms with Crippen molar-refractivity contribution in [2.75, 3.05) is 5.32 Å². The molecule has 1 heteroatoms. The molecular formula is C24H35N. The third-order valence-electron chi connectivity index (χ3n) is 5.81. The fourth-order valence-electron chi connectivity index (χ4n) is 3.35. The van der Waals surface area contributed by atoms with Crippen LogP contribution in [0.5, 0.6) is 0 Å². The molecule has 0 aliphatic rings. The van der Waals surface area contributed by atoms with Crippen molar-refractivity contribution in [2.24, 2.45) is 0 Å². The van der Waals surface area contributed by atoms with Crippen LogP contribution in [0.1, 0.15) is 76.6 Å². The lowest BCUT2D eigenvalue weighted by Crippen LogP contribution is -2.19. The molecule has 0 radical (unpaired) electrons. The Morgan fingerprint density at radius 2 is 1.24 bits per heavy atom. The van der Waals surface area contributed by atoms with E-state index >= 15 is 0 Å². The summed E-state index contributed by atoms with van der Waals surface area (Å²) in [6.45, 7) is 18.1. The van der Waals surface area contributed by atoms with Gasteiger partial charge in [-0.2, -0.15) is 0 Å². The van der Waals surface area contributed by atoms with Gasteiger partial charge in [0.05, 0.1) is 0 Å². The Balaban J connectivity index is 2.29. The van der Waals surface area contributed by atoms with Crippen molar-refractivity contribution >= 4 is 11.4 Å². The summed E-state index contributed by atoms with van der Waals surface area (Å²) in [6.07, 6.45) is 2.34. The zero-order chi connectivity index (χ0) is 18.8. The third kappa shape index (κ3) is 4.26. The van der Waals surface area contributed by atoms with Crippen LogP contribution in [0.3, 0.4) is 0 Å². The lowest BCUT2D eigenvalue weighted by Gasteiger charge is -2.27. The van der Waals surface area contributed by atoms with Crippen molar-refractivity contribution < 1.29 is 0 Å². The van der Waals surface area contributed by atoms with Gasteiger partial charge in [-0.25, -0.2) is 0 Å². The number of nitrogens with one attached hydrogen (secondary N) is 1. The first-order valence-electron chi connectivity index (χ1n) is 9.60. The lowest BCUT2D eigenvalue weighted by atomic mass is 9.78. The standard InChI is InChI=1S/C24H35N/c1-9-24(8,10-2)19-11-13-21(14-12-19)25-22-17(3)15-20(16-18(22)4)23(5,6)7/h11-16,25H,9-10H2,1-8H3. The van der Waals surface area contributed by atoms with Crippen LogP contribution in [0.2, 0.25) is 0 Å². The minimum Gasteiger partial charge on any atom is -0.355 e. The molecule has 0 saturated carbocycles. The van der Waals surface area contributed by atoms with Gasteiger partial charge < -0.3 is 5.32 Å². The number of rotatable bonds is 5. The Labute approximate surface area is 154 Å². The van der Waals surface area contributed by atoms with Gasteiger partial charge in [0.2, 0.25) is 0 Å². The highest BCUT2D eigenvalue weighted by molar-refractivity contribution is 5.67. The number of aryl methyl sites for hydroxylation is 2. The molecule has 25 heavy (non-hydrogen) atoms. The second-order valence-corrected chi connectivity index (χ2v) is 8.71. The largest absolute Gasteiger partial charge is 0.355 e. The highest BCUT2D eigenvalue weighted by Crippen LogP contribution is 2.34. The van der Waals surface area contributed by atoms with Gasteiger partial charge in [-0.3, -0.25) is 0 Å². The molecule has 0 spiro atoms. The van der Waals surface area contributed by atoms with Crippen LogP contribution in [0.4, 0.5) is 11.4 Å². The number of hydrogen-bond donors (Lipinski definition) is 1. The minimum atomic E-state index is 0.181. The molecule has 0 aliphatic heterocycles. The van der Waals surface area contributed by atoms with E-state index < -0.39 is 0 Å². The molecule has 0 aromatic heterocycles. The van der Waals surface area contributed by atoms with Crippen molar-refractivity contribution in [1.29, 1.82) is 0 Å². The summed E-state index contributed by atoms with van der Waals surface area (Å²) in [4.78, 5) is 0. The van der Waals surface area contributed by atoms with Crippen LogP contribution < -0.4 is 5.32 Å². The van der Waals surface area contributed by atoms with Crippen LogP contribution in [0.25, 0.3) is 0 Å². The second-order valence-electron chi connectivity index (χ2n) is 8.71.